The topological polar surface area (TPSA) is 77.8 Å². The van der Waals surface area contributed by atoms with E-state index >= 15 is 0 Å². The smallest absolute Gasteiger partial charge is 0.227 e. The van der Waals surface area contributed by atoms with Crippen LogP contribution in [0, 0.1) is 5.92 Å². The fraction of sp³-hybridized carbons (Fsp3) is 0.238. The summed E-state index contributed by atoms with van der Waals surface area (Å²) in [6, 6.07) is 11.8. The molecule has 0 atom stereocenters. The highest BCUT2D eigenvalue weighted by atomic mass is 16.5. The monoisotopic (exact) mass is 365 g/mol. The lowest BCUT2D eigenvalue weighted by molar-refractivity contribution is -0.117. The number of nitrogens with one attached hydrogen (secondary N) is 1. The molecule has 0 spiro atoms. The van der Waals surface area contributed by atoms with E-state index in [4.69, 9.17) is 13.9 Å². The predicted octanol–water partition coefficient (Wildman–Crippen LogP) is 3.83. The van der Waals surface area contributed by atoms with Gasteiger partial charge < -0.3 is 19.2 Å². The molecule has 0 unspecified atom stereocenters. The molecular formula is C21H19NO5. The van der Waals surface area contributed by atoms with Crippen LogP contribution in [0.5, 0.6) is 11.5 Å². The van der Waals surface area contributed by atoms with Crippen molar-refractivity contribution in [3.05, 3.63) is 52.7 Å². The summed E-state index contributed by atoms with van der Waals surface area (Å²) < 4.78 is 16.5. The third-order valence-electron chi connectivity index (χ3n) is 4.61. The molecule has 0 aliphatic heterocycles. The van der Waals surface area contributed by atoms with Crippen LogP contribution in [-0.2, 0) is 4.79 Å². The second-order valence-corrected chi connectivity index (χ2v) is 6.52. The largest absolute Gasteiger partial charge is 0.493 e. The van der Waals surface area contributed by atoms with Crippen LogP contribution in [0.25, 0.3) is 22.3 Å². The quantitative estimate of drug-likeness (QED) is 0.744. The second-order valence-electron chi connectivity index (χ2n) is 6.52. The highest BCUT2D eigenvalue weighted by Gasteiger charge is 2.29. The summed E-state index contributed by atoms with van der Waals surface area (Å²) in [7, 11) is 3.11. The third-order valence-corrected chi connectivity index (χ3v) is 4.61. The Kier molecular flexibility index (Phi) is 4.32. The number of carbonyl (C=O) groups is 1. The normalized spacial score (nSPS) is 13.4. The van der Waals surface area contributed by atoms with Crippen molar-refractivity contribution in [2.24, 2.45) is 5.92 Å². The first-order chi connectivity index (χ1) is 13.1. The average Bonchev–Trinajstić information content (AvgIpc) is 3.53. The van der Waals surface area contributed by atoms with Crippen molar-refractivity contribution in [3.8, 4) is 22.8 Å². The van der Waals surface area contributed by atoms with Crippen molar-refractivity contribution < 1.29 is 18.7 Å². The maximum Gasteiger partial charge on any atom is 0.227 e. The number of hydrogen-bond donors (Lipinski definition) is 1. The molecule has 1 aromatic heterocycles. The van der Waals surface area contributed by atoms with E-state index in [2.05, 4.69) is 5.32 Å². The Morgan fingerprint density at radius 1 is 1.04 bits per heavy atom. The fourth-order valence-electron chi connectivity index (χ4n) is 2.96. The molecule has 4 rings (SSSR count). The number of anilines is 1. The highest BCUT2D eigenvalue weighted by molar-refractivity contribution is 5.96. The Labute approximate surface area is 155 Å². The van der Waals surface area contributed by atoms with Crippen molar-refractivity contribution >= 4 is 22.6 Å². The Balaban J connectivity index is 1.71. The van der Waals surface area contributed by atoms with E-state index in [0.29, 0.717) is 39.5 Å². The average molecular weight is 365 g/mol. The molecule has 1 amide bonds. The summed E-state index contributed by atoms with van der Waals surface area (Å²) in [5, 5.41) is 3.27. The van der Waals surface area contributed by atoms with Gasteiger partial charge in [-0.2, -0.15) is 0 Å². The number of amides is 1. The van der Waals surface area contributed by atoms with Crippen molar-refractivity contribution in [3.63, 3.8) is 0 Å². The van der Waals surface area contributed by atoms with Crippen LogP contribution in [0.1, 0.15) is 12.8 Å². The highest BCUT2D eigenvalue weighted by Crippen LogP contribution is 2.33. The second kappa shape index (κ2) is 6.79. The van der Waals surface area contributed by atoms with Gasteiger partial charge in [0.25, 0.3) is 0 Å². The minimum Gasteiger partial charge on any atom is -0.493 e. The standard InChI is InChI=1S/C21H19NO5/c1-25-18-7-5-13(9-20(18)26-2)19-11-16(23)15-10-14(6-8-17(15)27-19)22-21(24)12-3-4-12/h5-12H,3-4H2,1-2H3,(H,22,24). The van der Waals surface area contributed by atoms with Gasteiger partial charge in [-0.1, -0.05) is 0 Å². The van der Waals surface area contributed by atoms with Crippen LogP contribution in [-0.4, -0.2) is 20.1 Å². The number of methoxy groups -OCH3 is 2. The first-order valence-electron chi connectivity index (χ1n) is 8.70. The maximum atomic E-state index is 12.6. The van der Waals surface area contributed by atoms with Crippen LogP contribution in [0.3, 0.4) is 0 Å². The maximum absolute atomic E-state index is 12.6. The summed E-state index contributed by atoms with van der Waals surface area (Å²) in [4.78, 5) is 24.5. The zero-order chi connectivity index (χ0) is 19.0. The molecule has 1 aliphatic rings. The van der Waals surface area contributed by atoms with Gasteiger partial charge in [0, 0.05) is 23.2 Å². The van der Waals surface area contributed by atoms with Gasteiger partial charge in [0.1, 0.15) is 11.3 Å². The molecule has 6 heteroatoms. The molecule has 0 radical (unpaired) electrons. The Morgan fingerprint density at radius 2 is 1.81 bits per heavy atom. The van der Waals surface area contributed by atoms with Crippen molar-refractivity contribution in [2.45, 2.75) is 12.8 Å². The first kappa shape index (κ1) is 17.1. The van der Waals surface area contributed by atoms with E-state index < -0.39 is 0 Å². The number of rotatable bonds is 5. The van der Waals surface area contributed by atoms with Gasteiger partial charge in [0.15, 0.2) is 16.9 Å². The van der Waals surface area contributed by atoms with Crippen molar-refractivity contribution in [1.82, 2.24) is 0 Å². The number of ether oxygens (including phenoxy) is 2. The molecule has 1 fully saturated rings. The van der Waals surface area contributed by atoms with Gasteiger partial charge in [0.05, 0.1) is 19.6 Å². The molecule has 138 valence electrons. The van der Waals surface area contributed by atoms with E-state index in [1.54, 1.807) is 50.6 Å². The fourth-order valence-corrected chi connectivity index (χ4v) is 2.96. The lowest BCUT2D eigenvalue weighted by Crippen LogP contribution is -2.13. The molecule has 0 bridgehead atoms. The summed E-state index contributed by atoms with van der Waals surface area (Å²) in [6.45, 7) is 0. The molecule has 3 aromatic rings. The molecule has 6 nitrogen and oxygen atoms in total. The molecule has 1 saturated carbocycles. The summed E-state index contributed by atoms with van der Waals surface area (Å²) in [6.07, 6.45) is 1.85. The van der Waals surface area contributed by atoms with Crippen molar-refractivity contribution in [1.29, 1.82) is 0 Å². The number of carbonyl (C=O) groups excluding carboxylic acids is 1. The van der Waals surface area contributed by atoms with E-state index in [0.717, 1.165) is 12.8 Å². The first-order valence-corrected chi connectivity index (χ1v) is 8.70. The van der Waals surface area contributed by atoms with Gasteiger partial charge in [-0.25, -0.2) is 0 Å². The Bertz CT molecular complexity index is 1080. The number of fused-ring (bicyclic) bond motifs is 1. The van der Waals surface area contributed by atoms with E-state index in [-0.39, 0.29) is 17.3 Å². The summed E-state index contributed by atoms with van der Waals surface area (Å²) in [5.41, 5.74) is 1.59. The van der Waals surface area contributed by atoms with Gasteiger partial charge in [0.2, 0.25) is 5.91 Å². The minimum absolute atomic E-state index is 0.000635. The van der Waals surface area contributed by atoms with Crippen molar-refractivity contribution in [2.75, 3.05) is 19.5 Å². The minimum atomic E-state index is -0.177. The van der Waals surface area contributed by atoms with Gasteiger partial charge in [-0.15, -0.1) is 0 Å². The van der Waals surface area contributed by atoms with Crippen LogP contribution >= 0.6 is 0 Å². The van der Waals surface area contributed by atoms with E-state index in [9.17, 15) is 9.59 Å². The van der Waals surface area contributed by atoms with E-state index in [1.807, 2.05) is 0 Å². The number of hydrogen-bond acceptors (Lipinski definition) is 5. The van der Waals surface area contributed by atoms with Crippen LogP contribution < -0.4 is 20.2 Å². The van der Waals surface area contributed by atoms with Crippen LogP contribution in [0.4, 0.5) is 5.69 Å². The predicted molar refractivity (Wildman–Crippen MR) is 102 cm³/mol. The Hall–Kier alpha value is -3.28. The van der Waals surface area contributed by atoms with Gasteiger partial charge >= 0.3 is 0 Å². The molecule has 1 N–H and O–H groups in total. The number of benzene rings is 2. The van der Waals surface area contributed by atoms with Gasteiger partial charge in [-0.05, 0) is 49.2 Å². The molecule has 27 heavy (non-hydrogen) atoms. The van der Waals surface area contributed by atoms with Crippen LogP contribution in [0.2, 0.25) is 0 Å². The lowest BCUT2D eigenvalue weighted by Gasteiger charge is -2.10. The molecule has 1 aliphatic carbocycles. The Morgan fingerprint density at radius 3 is 2.52 bits per heavy atom. The van der Waals surface area contributed by atoms with E-state index in [1.165, 1.54) is 6.07 Å². The molecular weight excluding hydrogens is 346 g/mol. The summed E-state index contributed by atoms with van der Waals surface area (Å²) >= 11 is 0. The zero-order valence-electron chi connectivity index (χ0n) is 15.1. The molecule has 0 saturated heterocycles. The molecule has 1 heterocycles. The van der Waals surface area contributed by atoms with Gasteiger partial charge in [-0.3, -0.25) is 9.59 Å². The summed E-state index contributed by atoms with van der Waals surface area (Å²) in [5.74, 6) is 1.68. The third kappa shape index (κ3) is 3.38. The zero-order valence-corrected chi connectivity index (χ0v) is 15.1. The van der Waals surface area contributed by atoms with Crippen LogP contribution in [0.15, 0.2) is 51.7 Å². The SMILES string of the molecule is COc1ccc(-c2cc(=O)c3cc(NC(=O)C4CC4)ccc3o2)cc1OC. The lowest BCUT2D eigenvalue weighted by atomic mass is 10.1. The molecule has 2 aromatic carbocycles.